The summed E-state index contributed by atoms with van der Waals surface area (Å²) in [6, 6.07) is 3.41. The average molecular weight is 255 g/mol. The lowest BCUT2D eigenvalue weighted by molar-refractivity contribution is -0.146. The Kier molecular flexibility index (Phi) is 5.09. The van der Waals surface area contributed by atoms with Crippen molar-refractivity contribution in [2.24, 2.45) is 11.7 Å². The van der Waals surface area contributed by atoms with Crippen molar-refractivity contribution in [1.29, 1.82) is 0 Å². The molecule has 2 unspecified atom stereocenters. The van der Waals surface area contributed by atoms with Gasteiger partial charge in [0, 0.05) is 11.6 Å². The molecule has 0 heterocycles. The van der Waals surface area contributed by atoms with Crippen LogP contribution in [0.5, 0.6) is 5.75 Å². The molecule has 0 bridgehead atoms. The number of ether oxygens (including phenoxy) is 2. The van der Waals surface area contributed by atoms with Gasteiger partial charge in [0.05, 0.1) is 20.1 Å². The summed E-state index contributed by atoms with van der Waals surface area (Å²) in [7, 11) is 2.78. The summed E-state index contributed by atoms with van der Waals surface area (Å²) in [6.07, 6.45) is 0.507. The molecule has 0 aromatic heterocycles. The van der Waals surface area contributed by atoms with Crippen molar-refractivity contribution in [1.82, 2.24) is 0 Å². The molecule has 1 aromatic rings. The van der Waals surface area contributed by atoms with Crippen molar-refractivity contribution < 1.29 is 18.7 Å². The zero-order chi connectivity index (χ0) is 13.7. The molecule has 0 amide bonds. The number of rotatable bonds is 5. The maximum atomic E-state index is 13.3. The predicted octanol–water partition coefficient (Wildman–Crippen LogP) is 2.03. The van der Waals surface area contributed by atoms with Gasteiger partial charge >= 0.3 is 5.97 Å². The third-order valence-electron chi connectivity index (χ3n) is 2.93. The van der Waals surface area contributed by atoms with E-state index in [0.717, 1.165) is 0 Å². The van der Waals surface area contributed by atoms with Crippen LogP contribution in [-0.2, 0) is 9.53 Å². The molecule has 1 aromatic carbocycles. The van der Waals surface area contributed by atoms with E-state index in [1.807, 2.05) is 6.92 Å². The maximum Gasteiger partial charge on any atom is 0.310 e. The first-order valence-electron chi connectivity index (χ1n) is 5.72. The van der Waals surface area contributed by atoms with Crippen LogP contribution in [0.2, 0.25) is 0 Å². The Labute approximate surface area is 106 Å². The van der Waals surface area contributed by atoms with Crippen LogP contribution in [0.15, 0.2) is 18.2 Å². The lowest BCUT2D eigenvalue weighted by Gasteiger charge is -2.22. The van der Waals surface area contributed by atoms with Crippen molar-refractivity contribution in [3.05, 3.63) is 29.6 Å². The predicted molar refractivity (Wildman–Crippen MR) is 65.7 cm³/mol. The van der Waals surface area contributed by atoms with E-state index in [4.69, 9.17) is 15.2 Å². The molecular weight excluding hydrogens is 237 g/mol. The van der Waals surface area contributed by atoms with Crippen LogP contribution in [0.3, 0.4) is 0 Å². The van der Waals surface area contributed by atoms with Gasteiger partial charge in [-0.05, 0) is 24.6 Å². The molecule has 100 valence electrons. The van der Waals surface area contributed by atoms with E-state index in [2.05, 4.69) is 0 Å². The fraction of sp³-hybridized carbons (Fsp3) is 0.462. The molecule has 0 saturated heterocycles. The molecule has 0 aliphatic rings. The molecule has 0 spiro atoms. The van der Waals surface area contributed by atoms with E-state index in [9.17, 15) is 9.18 Å². The number of carbonyl (C=O) groups excluding carboxylic acids is 1. The van der Waals surface area contributed by atoms with Crippen LogP contribution < -0.4 is 10.5 Å². The van der Waals surface area contributed by atoms with Crippen molar-refractivity contribution in [3.8, 4) is 5.75 Å². The molecule has 18 heavy (non-hydrogen) atoms. The van der Waals surface area contributed by atoms with E-state index in [1.54, 1.807) is 0 Å². The third-order valence-corrected chi connectivity index (χ3v) is 2.93. The van der Waals surface area contributed by atoms with Gasteiger partial charge < -0.3 is 15.2 Å². The zero-order valence-corrected chi connectivity index (χ0v) is 10.8. The second-order valence-electron chi connectivity index (χ2n) is 3.95. The molecule has 4 nitrogen and oxygen atoms in total. The van der Waals surface area contributed by atoms with Crippen LogP contribution >= 0.6 is 0 Å². The molecule has 5 heteroatoms. The molecule has 0 aliphatic heterocycles. The Bertz CT molecular complexity index is 423. The summed E-state index contributed by atoms with van der Waals surface area (Å²) >= 11 is 0. The Hall–Kier alpha value is -1.62. The minimum absolute atomic E-state index is 0.406. The van der Waals surface area contributed by atoms with Crippen LogP contribution in [0.25, 0.3) is 0 Å². The fourth-order valence-corrected chi connectivity index (χ4v) is 1.90. The van der Waals surface area contributed by atoms with Crippen LogP contribution in [-0.4, -0.2) is 20.2 Å². The molecule has 2 N–H and O–H groups in total. The highest BCUT2D eigenvalue weighted by molar-refractivity contribution is 5.73. The third kappa shape index (κ3) is 2.98. The summed E-state index contributed by atoms with van der Waals surface area (Å²) in [5.74, 6) is -0.880. The molecule has 0 aliphatic carbocycles. The molecule has 0 radical (unpaired) electrons. The number of benzene rings is 1. The summed E-state index contributed by atoms with van der Waals surface area (Å²) in [6.45, 7) is 1.83. The normalized spacial score (nSPS) is 13.8. The van der Waals surface area contributed by atoms with E-state index in [1.165, 1.54) is 32.4 Å². The SMILES string of the molecule is CCC(C(=O)OC)C(N)c1cc(F)ccc1OC. The van der Waals surface area contributed by atoms with Gasteiger partial charge in [0.2, 0.25) is 0 Å². The van der Waals surface area contributed by atoms with E-state index < -0.39 is 23.7 Å². The van der Waals surface area contributed by atoms with Gasteiger partial charge in [-0.2, -0.15) is 0 Å². The van der Waals surface area contributed by atoms with Crippen LogP contribution in [0.4, 0.5) is 4.39 Å². The highest BCUT2D eigenvalue weighted by atomic mass is 19.1. The zero-order valence-electron chi connectivity index (χ0n) is 10.8. The molecule has 2 atom stereocenters. The lowest BCUT2D eigenvalue weighted by atomic mass is 9.91. The Morgan fingerprint density at radius 3 is 2.61 bits per heavy atom. The number of hydrogen-bond donors (Lipinski definition) is 1. The molecule has 0 fully saturated rings. The summed E-state index contributed by atoms with van der Waals surface area (Å²) < 4.78 is 23.1. The number of esters is 1. The topological polar surface area (TPSA) is 61.5 Å². The van der Waals surface area contributed by atoms with E-state index in [-0.39, 0.29) is 0 Å². The standard InChI is InChI=1S/C13H18FNO3/c1-4-9(13(16)18-3)12(15)10-7-8(14)5-6-11(10)17-2/h5-7,9,12H,4,15H2,1-3H3. The average Bonchev–Trinajstić information content (AvgIpc) is 2.39. The summed E-state index contributed by atoms with van der Waals surface area (Å²) in [5, 5.41) is 0. The van der Waals surface area contributed by atoms with Gasteiger partial charge in [0.15, 0.2) is 0 Å². The van der Waals surface area contributed by atoms with E-state index >= 15 is 0 Å². The monoisotopic (exact) mass is 255 g/mol. The van der Waals surface area contributed by atoms with Gasteiger partial charge in [-0.15, -0.1) is 0 Å². The maximum absolute atomic E-state index is 13.3. The molecule has 0 saturated carbocycles. The highest BCUT2D eigenvalue weighted by Gasteiger charge is 2.28. The minimum atomic E-state index is -0.659. The number of halogens is 1. The Morgan fingerprint density at radius 1 is 1.44 bits per heavy atom. The van der Waals surface area contributed by atoms with Gasteiger partial charge in [0.1, 0.15) is 11.6 Å². The second-order valence-corrected chi connectivity index (χ2v) is 3.95. The fourth-order valence-electron chi connectivity index (χ4n) is 1.90. The quantitative estimate of drug-likeness (QED) is 0.818. The van der Waals surface area contributed by atoms with Crippen LogP contribution in [0, 0.1) is 11.7 Å². The number of hydrogen-bond acceptors (Lipinski definition) is 4. The van der Waals surface area contributed by atoms with Crippen molar-refractivity contribution in [2.45, 2.75) is 19.4 Å². The lowest BCUT2D eigenvalue weighted by Crippen LogP contribution is -2.29. The second kappa shape index (κ2) is 6.35. The van der Waals surface area contributed by atoms with E-state index in [0.29, 0.717) is 17.7 Å². The first kappa shape index (κ1) is 14.4. The van der Waals surface area contributed by atoms with Gasteiger partial charge in [-0.3, -0.25) is 4.79 Å². The van der Waals surface area contributed by atoms with Gasteiger partial charge in [0.25, 0.3) is 0 Å². The smallest absolute Gasteiger partial charge is 0.310 e. The van der Waals surface area contributed by atoms with Crippen molar-refractivity contribution >= 4 is 5.97 Å². The molecular formula is C13H18FNO3. The van der Waals surface area contributed by atoms with Crippen molar-refractivity contribution in [3.63, 3.8) is 0 Å². The molecule has 1 rings (SSSR count). The Morgan fingerprint density at radius 2 is 2.11 bits per heavy atom. The number of carbonyl (C=O) groups is 1. The van der Waals surface area contributed by atoms with Crippen molar-refractivity contribution in [2.75, 3.05) is 14.2 Å². The first-order chi connectivity index (χ1) is 8.54. The summed E-state index contributed by atoms with van der Waals surface area (Å²) in [4.78, 5) is 11.6. The van der Waals surface area contributed by atoms with Gasteiger partial charge in [-0.1, -0.05) is 6.92 Å². The number of nitrogens with two attached hydrogens (primary N) is 1. The summed E-state index contributed by atoms with van der Waals surface area (Å²) in [5.41, 5.74) is 6.49. The van der Waals surface area contributed by atoms with Crippen LogP contribution in [0.1, 0.15) is 24.9 Å². The Balaban J connectivity index is 3.11. The minimum Gasteiger partial charge on any atom is -0.496 e. The first-order valence-corrected chi connectivity index (χ1v) is 5.72. The highest BCUT2D eigenvalue weighted by Crippen LogP contribution is 2.31. The largest absolute Gasteiger partial charge is 0.496 e. The van der Waals surface area contributed by atoms with Gasteiger partial charge in [-0.25, -0.2) is 4.39 Å². The number of methoxy groups -OCH3 is 2.